The van der Waals surface area contributed by atoms with Crippen molar-refractivity contribution in [2.45, 2.75) is 599 Å². The number of rotatable bonds is 0. The van der Waals surface area contributed by atoms with Crippen molar-refractivity contribution in [1.29, 1.82) is 0 Å². The maximum Gasteiger partial charge on any atom is 0.0125 e. The average molecular weight is 1930 g/mol. The van der Waals surface area contributed by atoms with Crippen LogP contribution in [0.4, 0.5) is 0 Å². The van der Waals surface area contributed by atoms with Gasteiger partial charge in [0.05, 0.1) is 0 Å². The third-order valence-electron chi connectivity index (χ3n) is 30.3. The molecule has 0 bridgehead atoms. The van der Waals surface area contributed by atoms with Crippen LogP contribution in [0.2, 0.25) is 0 Å². The van der Waals surface area contributed by atoms with Crippen molar-refractivity contribution in [1.82, 2.24) is 53.9 Å². The van der Waals surface area contributed by atoms with Gasteiger partial charge in [0.2, 0.25) is 0 Å². The number of nitrogens with zero attached hydrogens (tertiary/aromatic N) is 11. The number of piperidine rings is 5. The van der Waals surface area contributed by atoms with Gasteiger partial charge in [-0.1, -0.05) is 232 Å². The molecule has 11 saturated heterocycles. The Morgan fingerprint density at radius 2 is 0.309 bits per heavy atom. The fourth-order valence-electron chi connectivity index (χ4n) is 19.1. The molecule has 0 aliphatic carbocycles. The van der Waals surface area contributed by atoms with Gasteiger partial charge in [-0.15, -0.1) is 0 Å². The summed E-state index contributed by atoms with van der Waals surface area (Å²) in [5.74, 6) is 7.41. The molecule has 0 aromatic rings. The molecule has 1 spiro atoms. The summed E-state index contributed by atoms with van der Waals surface area (Å²) in [5.41, 5.74) is 6.85. The average Bonchev–Trinajstić information content (AvgIpc) is 1.04. The summed E-state index contributed by atoms with van der Waals surface area (Å²) < 4.78 is 0. The fraction of sp³-hybridized carbons (Fsp3) is 1.00. The van der Waals surface area contributed by atoms with Crippen LogP contribution in [0.25, 0.3) is 0 Å². The molecule has 0 N–H and O–H groups in total. The van der Waals surface area contributed by atoms with Gasteiger partial charge in [0.1, 0.15) is 0 Å². The third kappa shape index (κ3) is 63.3. The number of hydrogen-bond acceptors (Lipinski definition) is 11. The Bertz CT molecular complexity index is 2500. The zero-order chi connectivity index (χ0) is 108. The van der Waals surface area contributed by atoms with Crippen LogP contribution in [0.5, 0.6) is 0 Å². The molecule has 0 amide bonds. The highest BCUT2D eigenvalue weighted by Gasteiger charge is 2.45. The molecule has 11 heteroatoms. The molecule has 11 fully saturated rings. The Balaban J connectivity index is -0.000000461. The van der Waals surface area contributed by atoms with E-state index in [4.69, 9.17) is 0 Å². The molecular formula is C125H271N11. The number of hydrogen-bond donors (Lipinski definition) is 0. The molecular weight excluding hydrogens is 1660 g/mol. The quantitative estimate of drug-likeness (QED) is 0.233. The minimum absolute atomic E-state index is 0.346. The van der Waals surface area contributed by atoms with Crippen molar-refractivity contribution in [3.63, 3.8) is 0 Å². The highest BCUT2D eigenvalue weighted by atomic mass is 15.3. The fourth-order valence-corrected chi connectivity index (χ4v) is 19.1. The largest absolute Gasteiger partial charge is 0.298 e. The molecule has 0 radical (unpaired) electrons. The summed E-state index contributed by atoms with van der Waals surface area (Å²) in [5, 5.41) is 0. The van der Waals surface area contributed by atoms with E-state index in [1.807, 2.05) is 0 Å². The Labute approximate surface area is 865 Å². The molecule has 0 aromatic heterocycles. The van der Waals surface area contributed by atoms with Crippen LogP contribution in [0, 0.1) is 74.4 Å². The van der Waals surface area contributed by atoms with Crippen molar-refractivity contribution in [2.24, 2.45) is 74.4 Å². The SMILES string of the molecule is CC(C)(C)C1CCN(C(C)(C)C)CC1.CC(C)(C)C1CCN(C(C)(C)C)CC1.CC(C)(C)N1CCC(C)(C(C)(C)C)CC1.CC(C)(C)N1CCC2(CC1)CCN(C(C)(C)C)CC2.CC1CN(C(C)(C)C)C1.CC1CN(C(C)(C)C)C1.CC1CN(C(C)(C)C)C1.CC1CN(C(C)(C)C)C1.CCC.CCC.CCC.CCC.CCC.CCC.C[C@@H]1CCN(C(C)(C)C)C1.C[C@H]1CCN(C(C)(C)C)C1. The van der Waals surface area contributed by atoms with E-state index in [9.17, 15) is 0 Å². The van der Waals surface area contributed by atoms with E-state index < -0.39 is 0 Å². The lowest BCUT2D eigenvalue weighted by Gasteiger charge is -2.51. The van der Waals surface area contributed by atoms with E-state index in [1.54, 1.807) is 0 Å². The first-order valence-corrected chi connectivity index (χ1v) is 58.3. The summed E-state index contributed by atoms with van der Waals surface area (Å²) in [6, 6.07) is 0. The van der Waals surface area contributed by atoms with Gasteiger partial charge in [-0.2, -0.15) is 0 Å². The highest BCUT2D eigenvalue weighted by Crippen LogP contribution is 2.48. The lowest BCUT2D eigenvalue weighted by Crippen LogP contribution is -2.54. The van der Waals surface area contributed by atoms with Gasteiger partial charge in [-0.05, 0) is 458 Å². The van der Waals surface area contributed by atoms with Crippen LogP contribution in [0.1, 0.15) is 538 Å². The van der Waals surface area contributed by atoms with Crippen molar-refractivity contribution in [3.8, 4) is 0 Å². The van der Waals surface area contributed by atoms with E-state index in [2.05, 4.69) is 476 Å². The lowest BCUT2D eigenvalue weighted by atomic mass is 9.62. The summed E-state index contributed by atoms with van der Waals surface area (Å²) in [6.45, 7) is 168. The first-order chi connectivity index (χ1) is 61.1. The molecule has 0 saturated carbocycles. The Kier molecular flexibility index (Phi) is 68.5. The molecule has 11 heterocycles. The molecule has 11 rings (SSSR count). The summed E-state index contributed by atoms with van der Waals surface area (Å²) in [7, 11) is 0. The first-order valence-electron chi connectivity index (χ1n) is 58.3. The molecule has 826 valence electrons. The van der Waals surface area contributed by atoms with Crippen molar-refractivity contribution in [2.75, 3.05) is 144 Å². The van der Waals surface area contributed by atoms with Gasteiger partial charge < -0.3 is 0 Å². The van der Waals surface area contributed by atoms with E-state index in [0.717, 1.165) is 47.3 Å². The summed E-state index contributed by atoms with van der Waals surface area (Å²) >= 11 is 0. The van der Waals surface area contributed by atoms with Crippen molar-refractivity contribution < 1.29 is 0 Å². The molecule has 11 aliphatic heterocycles. The second-order valence-electron chi connectivity index (χ2n) is 59.9. The van der Waals surface area contributed by atoms with Crippen LogP contribution in [-0.4, -0.2) is 259 Å². The monoisotopic (exact) mass is 1930 g/mol. The van der Waals surface area contributed by atoms with Gasteiger partial charge in [-0.25, -0.2) is 0 Å². The minimum atomic E-state index is 0.346. The van der Waals surface area contributed by atoms with Crippen LogP contribution < -0.4 is 0 Å². The Morgan fingerprint density at radius 3 is 0.412 bits per heavy atom. The topological polar surface area (TPSA) is 35.6 Å². The van der Waals surface area contributed by atoms with Gasteiger partial charge in [0.25, 0.3) is 0 Å². The maximum absolute atomic E-state index is 2.67. The van der Waals surface area contributed by atoms with E-state index >= 15 is 0 Å². The summed E-state index contributed by atoms with van der Waals surface area (Å²) in [6.07, 6.45) is 24.1. The van der Waals surface area contributed by atoms with Crippen LogP contribution in [-0.2, 0) is 0 Å². The van der Waals surface area contributed by atoms with Gasteiger partial charge >= 0.3 is 0 Å². The van der Waals surface area contributed by atoms with E-state index in [1.165, 1.54) is 260 Å². The van der Waals surface area contributed by atoms with Crippen molar-refractivity contribution >= 4 is 0 Å². The Morgan fingerprint density at radius 1 is 0.176 bits per heavy atom. The molecule has 11 nitrogen and oxygen atoms in total. The smallest absolute Gasteiger partial charge is 0.0125 e. The van der Waals surface area contributed by atoms with Crippen LogP contribution in [0.15, 0.2) is 0 Å². The molecule has 136 heavy (non-hydrogen) atoms. The zero-order valence-electron chi connectivity index (χ0n) is 107. The third-order valence-corrected chi connectivity index (χ3v) is 30.3. The van der Waals surface area contributed by atoms with Gasteiger partial charge in [-0.3, -0.25) is 53.9 Å². The highest BCUT2D eigenvalue weighted by molar-refractivity contribution is 4.99. The Hall–Kier alpha value is -0.440. The zero-order valence-corrected chi connectivity index (χ0v) is 107. The lowest BCUT2D eigenvalue weighted by molar-refractivity contribution is -0.0162. The van der Waals surface area contributed by atoms with Crippen molar-refractivity contribution in [3.05, 3.63) is 0 Å². The first kappa shape index (κ1) is 144. The molecule has 11 aliphatic rings. The van der Waals surface area contributed by atoms with Crippen LogP contribution in [0.3, 0.4) is 0 Å². The van der Waals surface area contributed by atoms with E-state index in [-0.39, 0.29) is 0 Å². The molecule has 2 atom stereocenters. The molecule has 0 unspecified atom stereocenters. The molecule has 0 aromatic carbocycles. The minimum Gasteiger partial charge on any atom is -0.298 e. The van der Waals surface area contributed by atoms with Crippen LogP contribution >= 0.6 is 0 Å². The predicted octanol–water partition coefficient (Wildman–Crippen LogP) is 34.5. The van der Waals surface area contributed by atoms with E-state index in [0.29, 0.717) is 88.0 Å². The number of likely N-dealkylation sites (tertiary alicyclic amines) is 11. The maximum atomic E-state index is 2.67. The second kappa shape index (κ2) is 64.7. The predicted molar refractivity (Wildman–Crippen MR) is 627 cm³/mol. The van der Waals surface area contributed by atoms with Gasteiger partial charge in [0, 0.05) is 126 Å². The summed E-state index contributed by atoms with van der Waals surface area (Å²) in [4.78, 5) is 28.4. The second-order valence-corrected chi connectivity index (χ2v) is 59.9. The standard InChI is InChI=1S/C17H34N2.C14H29N.2C13H27N.2C9H19N.4C8H17N.6C3H8/c1-15(2,3)18-11-7-17(8-12-18)9-13-19(14-10-17)16(4,5)6;1-12(2,3)14(7)8-10-15(11-9-14)13(4,5)6;2*1-12(2,3)11-7-9-14(10-8-11)13(4,5)6;2*1-8-5-6-10(7-8)9(2,3)4;4*1-7-5-9(6-7)8(2,3)4;6*1-3-2/h7-14H2,1-6H3;8-11H2,1-7H3;2*11H,7-10H2,1-6H3;2*8H,5-7H2,1-4H3;4*7H,5-6H2,1-4H3;6*3H2,1-2H3/t;;;;2*8-;;;;;;;;;;/m....10........../s1. The van der Waals surface area contributed by atoms with Gasteiger partial charge in [0.15, 0.2) is 0 Å². The normalized spacial score (nSPS) is 22.6.